The summed E-state index contributed by atoms with van der Waals surface area (Å²) in [5.41, 5.74) is 0.443. The zero-order valence-electron chi connectivity index (χ0n) is 12.6. The van der Waals surface area contributed by atoms with Crippen molar-refractivity contribution < 1.29 is 27.8 Å². The van der Waals surface area contributed by atoms with E-state index in [0.29, 0.717) is 5.56 Å². The Hall–Kier alpha value is -2.54. The topological polar surface area (TPSA) is 89.9 Å². The maximum atomic E-state index is 12.5. The lowest BCUT2D eigenvalue weighted by atomic mass is 10.1. The van der Waals surface area contributed by atoms with Gasteiger partial charge in [0.15, 0.2) is 9.84 Å². The molecule has 0 aliphatic heterocycles. The van der Waals surface area contributed by atoms with Crippen molar-refractivity contribution in [2.45, 2.75) is 10.6 Å². The van der Waals surface area contributed by atoms with Gasteiger partial charge in [0.1, 0.15) is 22.0 Å². The molecule has 0 radical (unpaired) electrons. The summed E-state index contributed by atoms with van der Waals surface area (Å²) in [6, 6.07) is 10.3. The van der Waals surface area contributed by atoms with Gasteiger partial charge in [-0.25, -0.2) is 13.2 Å². The molecule has 0 aromatic heterocycles. The van der Waals surface area contributed by atoms with Crippen LogP contribution >= 0.6 is 0 Å². The number of hydrogen-bond acceptors (Lipinski definition) is 6. The van der Waals surface area contributed by atoms with Gasteiger partial charge in [0.25, 0.3) is 0 Å². The van der Waals surface area contributed by atoms with Crippen LogP contribution in [0.25, 0.3) is 0 Å². The Labute approximate surface area is 134 Å². The third-order valence-corrected chi connectivity index (χ3v) is 4.96. The highest BCUT2D eigenvalue weighted by atomic mass is 32.2. The fourth-order valence-corrected chi connectivity index (χ4v) is 3.68. The number of sulfone groups is 1. The Balaban J connectivity index is 2.48. The fourth-order valence-electron chi connectivity index (χ4n) is 2.21. The molecule has 2 aromatic carbocycles. The quantitative estimate of drug-likeness (QED) is 0.842. The minimum atomic E-state index is -3.81. The van der Waals surface area contributed by atoms with E-state index >= 15 is 0 Å². The predicted octanol–water partition coefficient (Wildman–Crippen LogP) is 2.16. The molecule has 0 heterocycles. The molecule has 2 aromatic rings. The van der Waals surface area contributed by atoms with Gasteiger partial charge < -0.3 is 14.6 Å². The molecule has 0 aliphatic carbocycles. The number of rotatable bonds is 5. The van der Waals surface area contributed by atoms with Crippen molar-refractivity contribution in [2.75, 3.05) is 14.2 Å². The summed E-state index contributed by atoms with van der Waals surface area (Å²) in [5.74, 6) is -1.23. The number of benzene rings is 2. The maximum Gasteiger partial charge on any atom is 0.341 e. The number of carbonyl (C=O) groups is 1. The number of aromatic hydroxyl groups is 1. The van der Waals surface area contributed by atoms with Crippen molar-refractivity contribution in [3.8, 4) is 11.5 Å². The van der Waals surface area contributed by atoms with E-state index < -0.39 is 21.6 Å². The highest BCUT2D eigenvalue weighted by Crippen LogP contribution is 2.30. The van der Waals surface area contributed by atoms with E-state index in [1.165, 1.54) is 44.6 Å². The van der Waals surface area contributed by atoms with Crippen LogP contribution in [0.3, 0.4) is 0 Å². The summed E-state index contributed by atoms with van der Waals surface area (Å²) in [6.07, 6.45) is 0. The van der Waals surface area contributed by atoms with Gasteiger partial charge >= 0.3 is 5.97 Å². The van der Waals surface area contributed by atoms with E-state index in [1.807, 2.05) is 0 Å². The summed E-state index contributed by atoms with van der Waals surface area (Å²) in [7, 11) is -1.23. The van der Waals surface area contributed by atoms with E-state index in [4.69, 9.17) is 4.74 Å². The number of ether oxygens (including phenoxy) is 2. The van der Waals surface area contributed by atoms with Crippen LogP contribution in [0.2, 0.25) is 0 Å². The molecule has 7 heteroatoms. The number of para-hydroxylation sites is 2. The average molecular weight is 336 g/mol. The first-order valence-corrected chi connectivity index (χ1v) is 8.31. The monoisotopic (exact) mass is 336 g/mol. The molecule has 23 heavy (non-hydrogen) atoms. The molecular weight excluding hydrogens is 320 g/mol. The Kier molecular flexibility index (Phi) is 4.90. The van der Waals surface area contributed by atoms with Gasteiger partial charge in [-0.1, -0.05) is 24.3 Å². The highest BCUT2D eigenvalue weighted by Gasteiger charge is 2.23. The van der Waals surface area contributed by atoms with E-state index in [0.717, 1.165) is 0 Å². The van der Waals surface area contributed by atoms with Crippen LogP contribution in [0.1, 0.15) is 15.9 Å². The molecule has 0 bridgehead atoms. The molecule has 0 saturated carbocycles. The third-order valence-electron chi connectivity index (χ3n) is 3.25. The van der Waals surface area contributed by atoms with E-state index in [-0.39, 0.29) is 22.0 Å². The number of phenolic OH excluding ortho intramolecular Hbond substituents is 1. The van der Waals surface area contributed by atoms with Crippen molar-refractivity contribution in [1.29, 1.82) is 0 Å². The Morgan fingerprint density at radius 2 is 1.78 bits per heavy atom. The number of esters is 1. The lowest BCUT2D eigenvalue weighted by Gasteiger charge is -2.13. The van der Waals surface area contributed by atoms with Crippen LogP contribution in [0, 0.1) is 0 Å². The van der Waals surface area contributed by atoms with E-state index in [9.17, 15) is 18.3 Å². The molecule has 6 nitrogen and oxygen atoms in total. The van der Waals surface area contributed by atoms with Gasteiger partial charge in [-0.15, -0.1) is 0 Å². The second-order valence-electron chi connectivity index (χ2n) is 4.72. The summed E-state index contributed by atoms with van der Waals surface area (Å²) < 4.78 is 34.9. The first kappa shape index (κ1) is 16.8. The molecule has 0 fully saturated rings. The first-order valence-electron chi connectivity index (χ1n) is 6.65. The lowest BCUT2D eigenvalue weighted by molar-refractivity contribution is 0.0597. The Morgan fingerprint density at radius 3 is 2.39 bits per heavy atom. The minimum Gasteiger partial charge on any atom is -0.507 e. The smallest absolute Gasteiger partial charge is 0.341 e. The van der Waals surface area contributed by atoms with Crippen molar-refractivity contribution in [3.05, 3.63) is 53.6 Å². The lowest BCUT2D eigenvalue weighted by Crippen LogP contribution is -2.10. The van der Waals surface area contributed by atoms with Gasteiger partial charge in [-0.2, -0.15) is 0 Å². The van der Waals surface area contributed by atoms with Crippen LogP contribution in [-0.4, -0.2) is 33.7 Å². The van der Waals surface area contributed by atoms with Crippen molar-refractivity contribution in [2.24, 2.45) is 0 Å². The number of methoxy groups -OCH3 is 2. The van der Waals surface area contributed by atoms with Crippen molar-refractivity contribution in [1.82, 2.24) is 0 Å². The Bertz CT molecular complexity index is 826. The van der Waals surface area contributed by atoms with Gasteiger partial charge in [-0.05, 0) is 18.2 Å². The SMILES string of the molecule is COC(=O)c1cccc(CS(=O)(=O)c2ccccc2O)c1OC. The van der Waals surface area contributed by atoms with Crippen LogP contribution in [0.15, 0.2) is 47.4 Å². The summed E-state index contributed by atoms with van der Waals surface area (Å²) in [6.45, 7) is 0. The van der Waals surface area contributed by atoms with E-state index in [2.05, 4.69) is 4.74 Å². The molecule has 0 spiro atoms. The van der Waals surface area contributed by atoms with Crippen molar-refractivity contribution in [3.63, 3.8) is 0 Å². The van der Waals surface area contributed by atoms with Gasteiger partial charge in [0.2, 0.25) is 0 Å². The van der Waals surface area contributed by atoms with Crippen LogP contribution in [0.5, 0.6) is 11.5 Å². The number of carbonyl (C=O) groups excluding carboxylic acids is 1. The number of hydrogen-bond donors (Lipinski definition) is 1. The second kappa shape index (κ2) is 6.70. The molecule has 0 unspecified atom stereocenters. The van der Waals surface area contributed by atoms with Crippen LogP contribution < -0.4 is 4.74 Å². The first-order chi connectivity index (χ1) is 10.9. The van der Waals surface area contributed by atoms with E-state index in [1.54, 1.807) is 12.1 Å². The summed E-state index contributed by atoms with van der Waals surface area (Å²) in [4.78, 5) is 11.6. The Morgan fingerprint density at radius 1 is 1.09 bits per heavy atom. The second-order valence-corrected chi connectivity index (χ2v) is 6.67. The largest absolute Gasteiger partial charge is 0.507 e. The highest BCUT2D eigenvalue weighted by molar-refractivity contribution is 7.90. The summed E-state index contributed by atoms with van der Waals surface area (Å²) >= 11 is 0. The molecule has 0 aliphatic rings. The molecule has 122 valence electrons. The molecule has 0 amide bonds. The van der Waals surface area contributed by atoms with Crippen molar-refractivity contribution >= 4 is 15.8 Å². The predicted molar refractivity (Wildman–Crippen MR) is 83.3 cm³/mol. The molecule has 1 N–H and O–H groups in total. The minimum absolute atomic E-state index is 0.137. The maximum absolute atomic E-state index is 12.5. The molecular formula is C16H16O6S. The molecule has 2 rings (SSSR count). The average Bonchev–Trinajstić information content (AvgIpc) is 2.53. The molecule has 0 atom stereocenters. The van der Waals surface area contributed by atoms with Crippen LogP contribution in [-0.2, 0) is 20.3 Å². The number of phenols is 1. The standard InChI is InChI=1S/C16H16O6S/c1-21-15-11(6-5-7-12(15)16(18)22-2)10-23(19,20)14-9-4-3-8-13(14)17/h3-9,17H,10H2,1-2H3. The summed E-state index contributed by atoms with van der Waals surface area (Å²) in [5, 5.41) is 9.75. The zero-order valence-corrected chi connectivity index (χ0v) is 13.5. The normalized spacial score (nSPS) is 11.0. The van der Waals surface area contributed by atoms with Gasteiger partial charge in [-0.3, -0.25) is 0 Å². The molecule has 0 saturated heterocycles. The van der Waals surface area contributed by atoms with Crippen LogP contribution in [0.4, 0.5) is 0 Å². The van der Waals surface area contributed by atoms with Gasteiger partial charge in [0, 0.05) is 5.56 Å². The van der Waals surface area contributed by atoms with Gasteiger partial charge in [0.05, 0.1) is 20.0 Å². The fraction of sp³-hybridized carbons (Fsp3) is 0.188. The zero-order chi connectivity index (χ0) is 17.0. The third kappa shape index (κ3) is 3.45.